The van der Waals surface area contributed by atoms with E-state index in [9.17, 15) is 9.18 Å². The first kappa shape index (κ1) is 13.3. The maximum absolute atomic E-state index is 13.3. The summed E-state index contributed by atoms with van der Waals surface area (Å²) in [7, 11) is 0. The first-order valence-electron chi connectivity index (χ1n) is 6.71. The number of nitriles is 1. The van der Waals surface area contributed by atoms with Crippen LogP contribution >= 0.6 is 0 Å². The maximum atomic E-state index is 13.3. The molecule has 0 aliphatic carbocycles. The maximum Gasteiger partial charge on any atom is 0.269 e. The highest BCUT2D eigenvalue weighted by molar-refractivity contribution is 5.48. The molecule has 0 amide bonds. The van der Waals surface area contributed by atoms with Gasteiger partial charge in [0.2, 0.25) is 0 Å². The van der Waals surface area contributed by atoms with E-state index < -0.39 is 5.82 Å². The van der Waals surface area contributed by atoms with Crippen LogP contribution in [0.15, 0.2) is 29.1 Å². The molecule has 0 radical (unpaired) electrons. The molecule has 5 nitrogen and oxygen atoms in total. The largest absolute Gasteiger partial charge is 0.383 e. The molecule has 106 valence electrons. The van der Waals surface area contributed by atoms with Crippen LogP contribution in [-0.4, -0.2) is 16.3 Å². The number of rotatable bonds is 2. The molecule has 1 aliphatic rings. The zero-order valence-electron chi connectivity index (χ0n) is 11.3. The van der Waals surface area contributed by atoms with Crippen molar-refractivity contribution in [2.75, 3.05) is 11.9 Å². The Hall–Kier alpha value is -2.68. The average Bonchev–Trinajstić information content (AvgIpc) is 2.48. The lowest BCUT2D eigenvalue weighted by atomic mass is 10.1. The van der Waals surface area contributed by atoms with Crippen LogP contribution in [0.5, 0.6) is 0 Å². The van der Waals surface area contributed by atoms with Gasteiger partial charge in [0.1, 0.15) is 5.82 Å². The van der Waals surface area contributed by atoms with Gasteiger partial charge in [-0.3, -0.25) is 4.79 Å². The summed E-state index contributed by atoms with van der Waals surface area (Å²) < 4.78 is 14.6. The smallest absolute Gasteiger partial charge is 0.269 e. The third-order valence-electron chi connectivity index (χ3n) is 3.49. The van der Waals surface area contributed by atoms with Crippen molar-refractivity contribution in [1.82, 2.24) is 9.78 Å². The normalized spacial score (nSPS) is 13.1. The molecule has 0 spiro atoms. The molecule has 1 aliphatic heterocycles. The van der Waals surface area contributed by atoms with Crippen LogP contribution < -0.4 is 10.9 Å². The minimum absolute atomic E-state index is 0.0900. The van der Waals surface area contributed by atoms with Crippen molar-refractivity contribution >= 4 is 5.69 Å². The molecule has 6 heteroatoms. The number of benzene rings is 1. The Labute approximate surface area is 120 Å². The molecule has 1 N–H and O–H groups in total. The van der Waals surface area contributed by atoms with E-state index in [-0.39, 0.29) is 12.1 Å². The average molecular weight is 284 g/mol. The summed E-state index contributed by atoms with van der Waals surface area (Å²) in [5, 5.41) is 16.5. The number of anilines is 1. The van der Waals surface area contributed by atoms with Crippen LogP contribution in [0.1, 0.15) is 23.2 Å². The van der Waals surface area contributed by atoms with Crippen LogP contribution in [0.4, 0.5) is 10.1 Å². The number of aryl methyl sites for hydroxylation is 1. The Balaban J connectivity index is 2.01. The summed E-state index contributed by atoms with van der Waals surface area (Å²) in [6.45, 7) is 0.924. The first-order chi connectivity index (χ1) is 10.2. The predicted octanol–water partition coefficient (Wildman–Crippen LogP) is 1.66. The van der Waals surface area contributed by atoms with Gasteiger partial charge >= 0.3 is 0 Å². The van der Waals surface area contributed by atoms with Gasteiger partial charge in [0.25, 0.3) is 5.56 Å². The number of fused-ring (bicyclic) bond motifs is 1. The van der Waals surface area contributed by atoms with Crippen molar-refractivity contribution < 1.29 is 4.39 Å². The van der Waals surface area contributed by atoms with E-state index in [1.54, 1.807) is 0 Å². The molecule has 1 aromatic carbocycles. The summed E-state index contributed by atoms with van der Waals surface area (Å²) in [4.78, 5) is 12.1. The van der Waals surface area contributed by atoms with Crippen LogP contribution in [0.2, 0.25) is 0 Å². The van der Waals surface area contributed by atoms with E-state index in [1.165, 1.54) is 28.9 Å². The summed E-state index contributed by atoms with van der Waals surface area (Å²) >= 11 is 0. The molecule has 0 bridgehead atoms. The monoisotopic (exact) mass is 284 g/mol. The number of hydrogen-bond donors (Lipinski definition) is 1. The second-order valence-corrected chi connectivity index (χ2v) is 4.94. The SMILES string of the molecule is N#Cc1ccc(F)cc1Cn1nc2c(cc1=O)NCCC2. The van der Waals surface area contributed by atoms with E-state index in [1.807, 2.05) is 6.07 Å². The Morgan fingerprint density at radius 2 is 2.29 bits per heavy atom. The Morgan fingerprint density at radius 3 is 3.10 bits per heavy atom. The molecule has 0 fully saturated rings. The molecule has 0 unspecified atom stereocenters. The highest BCUT2D eigenvalue weighted by Gasteiger charge is 2.14. The van der Waals surface area contributed by atoms with Crippen LogP contribution in [0.3, 0.4) is 0 Å². The van der Waals surface area contributed by atoms with Crippen molar-refractivity contribution in [3.8, 4) is 6.07 Å². The topological polar surface area (TPSA) is 70.7 Å². The van der Waals surface area contributed by atoms with E-state index in [4.69, 9.17) is 5.26 Å². The van der Waals surface area contributed by atoms with Gasteiger partial charge in [0.15, 0.2) is 0 Å². The van der Waals surface area contributed by atoms with Gasteiger partial charge in [-0.1, -0.05) is 0 Å². The lowest BCUT2D eigenvalue weighted by Crippen LogP contribution is -2.27. The second-order valence-electron chi connectivity index (χ2n) is 4.94. The van der Waals surface area contributed by atoms with Gasteiger partial charge in [-0.2, -0.15) is 10.4 Å². The first-order valence-corrected chi connectivity index (χ1v) is 6.71. The number of halogens is 1. The predicted molar refractivity (Wildman–Crippen MR) is 75.5 cm³/mol. The molecule has 0 saturated heterocycles. The molecule has 2 aromatic rings. The lowest BCUT2D eigenvalue weighted by molar-refractivity contribution is 0.595. The van der Waals surface area contributed by atoms with Gasteiger partial charge in [-0.25, -0.2) is 9.07 Å². The highest BCUT2D eigenvalue weighted by atomic mass is 19.1. The Morgan fingerprint density at radius 1 is 1.43 bits per heavy atom. The third-order valence-corrected chi connectivity index (χ3v) is 3.49. The van der Waals surface area contributed by atoms with Crippen LogP contribution in [0, 0.1) is 17.1 Å². The van der Waals surface area contributed by atoms with E-state index in [0.717, 1.165) is 30.8 Å². The number of aromatic nitrogens is 2. The molecular weight excluding hydrogens is 271 g/mol. The summed E-state index contributed by atoms with van der Waals surface area (Å²) in [6, 6.07) is 7.42. The fraction of sp³-hybridized carbons (Fsp3) is 0.267. The van der Waals surface area contributed by atoms with Gasteiger partial charge in [0, 0.05) is 12.6 Å². The van der Waals surface area contributed by atoms with Crippen LogP contribution in [0.25, 0.3) is 0 Å². The lowest BCUT2D eigenvalue weighted by Gasteiger charge is -2.18. The number of hydrogen-bond acceptors (Lipinski definition) is 4. The van der Waals surface area contributed by atoms with Crippen molar-refractivity contribution in [3.05, 3.63) is 57.3 Å². The van der Waals surface area contributed by atoms with Crippen LogP contribution in [-0.2, 0) is 13.0 Å². The third kappa shape index (κ3) is 2.63. The summed E-state index contributed by atoms with van der Waals surface area (Å²) in [5.74, 6) is -0.434. The van der Waals surface area contributed by atoms with Gasteiger partial charge in [0.05, 0.1) is 29.6 Å². The quantitative estimate of drug-likeness (QED) is 0.910. The van der Waals surface area contributed by atoms with Crippen molar-refractivity contribution in [1.29, 1.82) is 5.26 Å². The zero-order chi connectivity index (χ0) is 14.8. The summed E-state index contributed by atoms with van der Waals surface area (Å²) in [6.07, 6.45) is 1.76. The highest BCUT2D eigenvalue weighted by Crippen LogP contribution is 2.17. The fourth-order valence-corrected chi connectivity index (χ4v) is 2.42. The van der Waals surface area contributed by atoms with Gasteiger partial charge < -0.3 is 5.32 Å². The molecule has 2 heterocycles. The molecule has 21 heavy (non-hydrogen) atoms. The summed E-state index contributed by atoms with van der Waals surface area (Å²) in [5.41, 5.74) is 2.13. The minimum Gasteiger partial charge on any atom is -0.383 e. The Kier molecular flexibility index (Phi) is 3.40. The standard InChI is InChI=1S/C15H13FN4O/c16-12-4-3-10(8-17)11(6-12)9-20-15(21)7-14-13(19-20)2-1-5-18-14/h3-4,6-7,18H,1-2,5,9H2. The fourth-order valence-electron chi connectivity index (χ4n) is 2.42. The molecule has 3 rings (SSSR count). The number of nitrogens with zero attached hydrogens (tertiary/aromatic N) is 3. The molecule has 0 saturated carbocycles. The van der Waals surface area contributed by atoms with E-state index in [2.05, 4.69) is 10.4 Å². The van der Waals surface area contributed by atoms with Gasteiger partial charge in [-0.15, -0.1) is 0 Å². The molecule has 0 atom stereocenters. The second kappa shape index (κ2) is 5.37. The molecule has 1 aromatic heterocycles. The van der Waals surface area contributed by atoms with Crippen molar-refractivity contribution in [2.45, 2.75) is 19.4 Å². The van der Waals surface area contributed by atoms with Crippen molar-refractivity contribution in [2.24, 2.45) is 0 Å². The Bertz CT molecular complexity index is 791. The minimum atomic E-state index is -0.434. The van der Waals surface area contributed by atoms with Crippen molar-refractivity contribution in [3.63, 3.8) is 0 Å². The van der Waals surface area contributed by atoms with E-state index in [0.29, 0.717) is 11.1 Å². The van der Waals surface area contributed by atoms with Gasteiger partial charge in [-0.05, 0) is 36.6 Å². The zero-order valence-corrected chi connectivity index (χ0v) is 11.3. The number of nitrogens with one attached hydrogen (secondary N) is 1. The van der Waals surface area contributed by atoms with E-state index >= 15 is 0 Å². The molecular formula is C15H13FN4O.